The molecule has 1 N–H and O–H groups in total. The van der Waals surface area contributed by atoms with Gasteiger partial charge in [-0.15, -0.1) is 0 Å². The molecule has 1 heterocycles. The van der Waals surface area contributed by atoms with Crippen molar-refractivity contribution in [2.45, 2.75) is 4.90 Å². The van der Waals surface area contributed by atoms with Gasteiger partial charge >= 0.3 is 0 Å². The van der Waals surface area contributed by atoms with Gasteiger partial charge in [-0.1, -0.05) is 24.3 Å². The predicted octanol–water partition coefficient (Wildman–Crippen LogP) is 2.21. The third-order valence-corrected chi connectivity index (χ3v) is 4.76. The zero-order chi connectivity index (χ0) is 15.7. The monoisotopic (exact) mass is 315 g/mol. The van der Waals surface area contributed by atoms with Crippen molar-refractivity contribution in [2.75, 3.05) is 7.11 Å². The van der Waals surface area contributed by atoms with Gasteiger partial charge in [0.05, 0.1) is 17.7 Å². The van der Waals surface area contributed by atoms with Crippen LogP contribution in [0.15, 0.2) is 59.1 Å². The minimum absolute atomic E-state index is 0.00637. The number of carbonyl (C=O) groups excluding carboxylic acids is 1. The van der Waals surface area contributed by atoms with Gasteiger partial charge < -0.3 is 4.74 Å². The molecule has 22 heavy (non-hydrogen) atoms. The fourth-order valence-corrected chi connectivity index (χ4v) is 3.50. The van der Waals surface area contributed by atoms with E-state index in [1.54, 1.807) is 43.5 Å². The lowest BCUT2D eigenvalue weighted by Crippen LogP contribution is -2.34. The second-order valence-electron chi connectivity index (χ2n) is 4.76. The summed E-state index contributed by atoms with van der Waals surface area (Å²) in [6.45, 7) is 0. The van der Waals surface area contributed by atoms with Crippen LogP contribution < -0.4 is 9.46 Å². The molecule has 112 valence electrons. The highest BCUT2D eigenvalue weighted by Gasteiger charge is 2.31. The SMILES string of the molecule is COc1ccc(/C=C2\NS(=O)(=O)c3ccccc3C2=O)cc1. The number of ether oxygens (including phenoxy) is 1. The lowest BCUT2D eigenvalue weighted by atomic mass is 10.1. The molecule has 0 spiro atoms. The van der Waals surface area contributed by atoms with Gasteiger partial charge in [-0.25, -0.2) is 8.42 Å². The van der Waals surface area contributed by atoms with Crippen LogP contribution in [-0.4, -0.2) is 21.3 Å². The maximum absolute atomic E-state index is 12.4. The minimum Gasteiger partial charge on any atom is -0.497 e. The van der Waals surface area contributed by atoms with Crippen molar-refractivity contribution in [3.05, 3.63) is 65.4 Å². The molecule has 5 nitrogen and oxygen atoms in total. The molecule has 0 atom stereocenters. The van der Waals surface area contributed by atoms with Crippen LogP contribution in [-0.2, 0) is 10.0 Å². The van der Waals surface area contributed by atoms with Crippen LogP contribution in [0.3, 0.4) is 0 Å². The number of ketones is 1. The van der Waals surface area contributed by atoms with E-state index in [2.05, 4.69) is 4.72 Å². The number of rotatable bonds is 2. The van der Waals surface area contributed by atoms with E-state index in [-0.39, 0.29) is 21.9 Å². The molecule has 0 unspecified atom stereocenters. The molecule has 1 aliphatic rings. The summed E-state index contributed by atoms with van der Waals surface area (Å²) in [5.41, 5.74) is 0.913. The molecule has 3 rings (SSSR count). The van der Waals surface area contributed by atoms with Crippen molar-refractivity contribution in [2.24, 2.45) is 0 Å². The Balaban J connectivity index is 2.06. The van der Waals surface area contributed by atoms with Crippen molar-refractivity contribution in [1.82, 2.24) is 4.72 Å². The highest BCUT2D eigenvalue weighted by Crippen LogP contribution is 2.25. The van der Waals surface area contributed by atoms with Crippen molar-refractivity contribution in [3.63, 3.8) is 0 Å². The fraction of sp³-hybridized carbons (Fsp3) is 0.0625. The molecule has 1 aliphatic heterocycles. The highest BCUT2D eigenvalue weighted by molar-refractivity contribution is 7.90. The lowest BCUT2D eigenvalue weighted by Gasteiger charge is -2.19. The summed E-state index contributed by atoms with van der Waals surface area (Å²) in [7, 11) is -2.16. The van der Waals surface area contributed by atoms with Gasteiger partial charge in [0.1, 0.15) is 5.75 Å². The lowest BCUT2D eigenvalue weighted by molar-refractivity contribution is 0.102. The molecule has 6 heteroatoms. The van der Waals surface area contributed by atoms with Crippen molar-refractivity contribution >= 4 is 21.9 Å². The molecule has 0 saturated heterocycles. The van der Waals surface area contributed by atoms with Crippen LogP contribution in [0, 0.1) is 0 Å². The Morgan fingerprint density at radius 3 is 2.41 bits per heavy atom. The Bertz CT molecular complexity index is 867. The van der Waals surface area contributed by atoms with Crippen LogP contribution >= 0.6 is 0 Å². The maximum atomic E-state index is 12.4. The molecule has 2 aromatic carbocycles. The van der Waals surface area contributed by atoms with Crippen LogP contribution in [0.25, 0.3) is 6.08 Å². The number of methoxy groups -OCH3 is 1. The predicted molar refractivity (Wildman–Crippen MR) is 82.1 cm³/mol. The smallest absolute Gasteiger partial charge is 0.262 e. The van der Waals surface area contributed by atoms with E-state index in [0.717, 1.165) is 0 Å². The number of allylic oxidation sites excluding steroid dienone is 1. The molecule has 0 radical (unpaired) electrons. The first kappa shape index (κ1) is 14.3. The van der Waals surface area contributed by atoms with Gasteiger partial charge in [-0.05, 0) is 35.9 Å². The molecule has 0 aliphatic carbocycles. The van der Waals surface area contributed by atoms with E-state index in [1.165, 1.54) is 18.2 Å². The third-order valence-electron chi connectivity index (χ3n) is 3.34. The fourth-order valence-electron chi connectivity index (χ4n) is 2.24. The summed E-state index contributed by atoms with van der Waals surface area (Å²) in [6.07, 6.45) is 1.51. The van der Waals surface area contributed by atoms with Crippen LogP contribution in [0.2, 0.25) is 0 Å². The average molecular weight is 315 g/mol. The zero-order valence-corrected chi connectivity index (χ0v) is 12.6. The van der Waals surface area contributed by atoms with E-state index in [9.17, 15) is 13.2 Å². The number of nitrogens with one attached hydrogen (secondary N) is 1. The average Bonchev–Trinajstić information content (AvgIpc) is 2.53. The normalized spacial score (nSPS) is 17.7. The van der Waals surface area contributed by atoms with E-state index in [1.807, 2.05) is 0 Å². The second-order valence-corrected chi connectivity index (χ2v) is 6.41. The summed E-state index contributed by atoms with van der Waals surface area (Å²) in [5, 5.41) is 0. The molecule has 0 amide bonds. The maximum Gasteiger partial charge on any atom is 0.262 e. The van der Waals surface area contributed by atoms with Gasteiger partial charge in [0.2, 0.25) is 5.78 Å². The van der Waals surface area contributed by atoms with Crippen molar-refractivity contribution in [1.29, 1.82) is 0 Å². The summed E-state index contributed by atoms with van der Waals surface area (Å²) in [5.74, 6) is 0.337. The molecule has 0 fully saturated rings. The number of hydrogen-bond acceptors (Lipinski definition) is 4. The number of Topliss-reactive ketones (excluding diaryl/α,β-unsaturated/α-hetero) is 1. The molecular weight excluding hydrogens is 302 g/mol. The molecule has 0 bridgehead atoms. The molecule has 2 aromatic rings. The van der Waals surface area contributed by atoms with Gasteiger partial charge in [0, 0.05) is 5.56 Å². The van der Waals surface area contributed by atoms with E-state index < -0.39 is 10.0 Å². The van der Waals surface area contributed by atoms with E-state index in [0.29, 0.717) is 11.3 Å². The van der Waals surface area contributed by atoms with E-state index in [4.69, 9.17) is 4.74 Å². The van der Waals surface area contributed by atoms with Crippen LogP contribution in [0.4, 0.5) is 0 Å². The zero-order valence-electron chi connectivity index (χ0n) is 11.7. The Labute approximate surface area is 128 Å². The quantitative estimate of drug-likeness (QED) is 0.863. The van der Waals surface area contributed by atoms with Gasteiger partial charge in [-0.3, -0.25) is 9.52 Å². The van der Waals surface area contributed by atoms with Crippen molar-refractivity contribution in [3.8, 4) is 5.75 Å². The Hall–Kier alpha value is -2.60. The summed E-state index contributed by atoms with van der Waals surface area (Å²) < 4.78 is 31.8. The minimum atomic E-state index is -3.72. The summed E-state index contributed by atoms with van der Waals surface area (Å²) in [4.78, 5) is 12.4. The number of sulfonamides is 1. The second kappa shape index (κ2) is 5.31. The topological polar surface area (TPSA) is 72.5 Å². The Kier molecular flexibility index (Phi) is 3.46. The van der Waals surface area contributed by atoms with Gasteiger partial charge in [0.15, 0.2) is 0 Å². The van der Waals surface area contributed by atoms with Crippen molar-refractivity contribution < 1.29 is 17.9 Å². The summed E-state index contributed by atoms with van der Waals surface area (Å²) >= 11 is 0. The number of fused-ring (bicyclic) bond motifs is 1. The number of benzene rings is 2. The van der Waals surface area contributed by atoms with Gasteiger partial charge in [0.25, 0.3) is 10.0 Å². The summed E-state index contributed by atoms with van der Waals surface area (Å²) in [6, 6.07) is 13.1. The molecule has 0 aromatic heterocycles. The largest absolute Gasteiger partial charge is 0.497 e. The molecule has 0 saturated carbocycles. The van der Waals surface area contributed by atoms with Crippen LogP contribution in [0.5, 0.6) is 5.75 Å². The molecular formula is C16H13NO4S. The highest BCUT2D eigenvalue weighted by atomic mass is 32.2. The number of carbonyl (C=O) groups is 1. The first-order valence-corrected chi connectivity index (χ1v) is 8.02. The standard InChI is InChI=1S/C16H13NO4S/c1-21-12-8-6-11(7-9-12)10-14-16(18)13-4-2-3-5-15(13)22(19,20)17-14/h2-10,17H,1H3/b14-10-. The Morgan fingerprint density at radius 2 is 1.73 bits per heavy atom. The third kappa shape index (κ3) is 2.48. The Morgan fingerprint density at radius 1 is 1.05 bits per heavy atom. The first-order valence-electron chi connectivity index (χ1n) is 6.53. The van der Waals surface area contributed by atoms with Gasteiger partial charge in [-0.2, -0.15) is 0 Å². The number of hydrogen-bond donors (Lipinski definition) is 1. The first-order chi connectivity index (χ1) is 10.5. The van der Waals surface area contributed by atoms with E-state index >= 15 is 0 Å². The van der Waals surface area contributed by atoms with Crippen LogP contribution in [0.1, 0.15) is 15.9 Å².